The largest absolute Gasteiger partial charge is 0.497 e. The molecule has 0 saturated carbocycles. The van der Waals surface area contributed by atoms with Crippen molar-refractivity contribution in [1.29, 1.82) is 0 Å². The zero-order chi connectivity index (χ0) is 22.2. The molecule has 0 spiro atoms. The number of rotatable bonds is 4. The van der Waals surface area contributed by atoms with Gasteiger partial charge in [-0.25, -0.2) is 8.42 Å². The van der Waals surface area contributed by atoms with Crippen LogP contribution in [0.15, 0.2) is 47.4 Å². The van der Waals surface area contributed by atoms with Crippen LogP contribution < -0.4 is 4.74 Å². The molecule has 2 aromatic carbocycles. The van der Waals surface area contributed by atoms with Gasteiger partial charge in [0.05, 0.1) is 12.0 Å². The van der Waals surface area contributed by atoms with Crippen LogP contribution >= 0.6 is 0 Å². The summed E-state index contributed by atoms with van der Waals surface area (Å²) in [4.78, 5) is 15.2. The molecule has 166 valence electrons. The first kappa shape index (κ1) is 21.8. The monoisotopic (exact) mass is 442 g/mol. The highest BCUT2D eigenvalue weighted by Crippen LogP contribution is 2.28. The predicted octanol–water partition coefficient (Wildman–Crippen LogP) is 3.56. The molecule has 31 heavy (non-hydrogen) atoms. The van der Waals surface area contributed by atoms with Crippen LogP contribution in [-0.4, -0.2) is 50.3 Å². The summed E-state index contributed by atoms with van der Waals surface area (Å²) < 4.78 is 33.4. The van der Waals surface area contributed by atoms with Gasteiger partial charge < -0.3 is 9.64 Å². The number of benzene rings is 2. The number of hydrogen-bond acceptors (Lipinski definition) is 4. The molecule has 2 unspecified atom stereocenters. The van der Waals surface area contributed by atoms with E-state index in [1.54, 1.807) is 34.5 Å². The van der Waals surface area contributed by atoms with Gasteiger partial charge in [-0.2, -0.15) is 4.31 Å². The molecule has 1 amide bonds. The fraction of sp³-hybridized carbons (Fsp3) is 0.458. The van der Waals surface area contributed by atoms with E-state index in [-0.39, 0.29) is 10.8 Å². The summed E-state index contributed by atoms with van der Waals surface area (Å²) >= 11 is 0. The maximum absolute atomic E-state index is 13.3. The Labute approximate surface area is 184 Å². The van der Waals surface area contributed by atoms with Crippen molar-refractivity contribution in [3.05, 3.63) is 59.2 Å². The maximum Gasteiger partial charge on any atom is 0.254 e. The molecule has 2 heterocycles. The molecule has 6 nitrogen and oxygen atoms in total. The molecule has 2 aliphatic rings. The molecular weight excluding hydrogens is 412 g/mol. The average Bonchev–Trinajstić information content (AvgIpc) is 2.77. The Morgan fingerprint density at radius 1 is 1.03 bits per heavy atom. The third kappa shape index (κ3) is 4.48. The number of carbonyl (C=O) groups is 1. The number of amides is 1. The van der Waals surface area contributed by atoms with Gasteiger partial charge in [0.1, 0.15) is 5.75 Å². The Balaban J connectivity index is 1.56. The Bertz CT molecular complexity index is 1070. The Morgan fingerprint density at radius 2 is 1.77 bits per heavy atom. The van der Waals surface area contributed by atoms with Gasteiger partial charge in [-0.1, -0.05) is 26.0 Å². The average molecular weight is 443 g/mol. The summed E-state index contributed by atoms with van der Waals surface area (Å²) in [5.41, 5.74) is 2.69. The number of nitrogens with zero attached hydrogens (tertiary/aromatic N) is 2. The lowest BCUT2D eigenvalue weighted by atomic mass is 9.94. The van der Waals surface area contributed by atoms with E-state index < -0.39 is 10.0 Å². The summed E-state index contributed by atoms with van der Waals surface area (Å²) in [5, 5.41) is 0. The number of sulfonamides is 1. The highest BCUT2D eigenvalue weighted by atomic mass is 32.2. The number of piperidine rings is 1. The minimum absolute atomic E-state index is 0.147. The molecule has 2 aliphatic heterocycles. The minimum Gasteiger partial charge on any atom is -0.497 e. The lowest BCUT2D eigenvalue weighted by molar-refractivity contribution is 0.0734. The van der Waals surface area contributed by atoms with E-state index in [1.165, 1.54) is 11.6 Å². The highest BCUT2D eigenvalue weighted by Gasteiger charge is 2.32. The quantitative estimate of drug-likeness (QED) is 0.726. The van der Waals surface area contributed by atoms with Gasteiger partial charge in [0, 0.05) is 31.7 Å². The normalized spacial score (nSPS) is 22.1. The number of ether oxygens (including phenoxy) is 1. The van der Waals surface area contributed by atoms with E-state index in [2.05, 4.69) is 13.8 Å². The number of carbonyl (C=O) groups excluding carboxylic acids is 1. The Hall–Kier alpha value is -2.38. The van der Waals surface area contributed by atoms with Gasteiger partial charge in [0.25, 0.3) is 5.91 Å². The lowest BCUT2D eigenvalue weighted by Crippen LogP contribution is -2.42. The van der Waals surface area contributed by atoms with Gasteiger partial charge in [-0.15, -0.1) is 0 Å². The minimum atomic E-state index is -3.63. The maximum atomic E-state index is 13.3. The third-order valence-electron chi connectivity index (χ3n) is 6.27. The molecule has 1 saturated heterocycles. The summed E-state index contributed by atoms with van der Waals surface area (Å²) in [6.45, 7) is 6.31. The molecule has 1 fully saturated rings. The zero-order valence-corrected chi connectivity index (χ0v) is 19.2. The standard InChI is InChI=1S/C24H30N2O4S/c1-17-11-18(2)15-26(14-17)31(28,29)23-6-4-5-20(13-23)24(27)25-10-9-19-7-8-22(30-3)12-21(19)16-25/h4-8,12-13,17-18H,9-11,14-16H2,1-3H3. The number of methoxy groups -OCH3 is 1. The first-order valence-corrected chi connectivity index (χ1v) is 12.3. The highest BCUT2D eigenvalue weighted by molar-refractivity contribution is 7.89. The predicted molar refractivity (Wildman–Crippen MR) is 120 cm³/mol. The number of fused-ring (bicyclic) bond motifs is 1. The van der Waals surface area contributed by atoms with Crippen molar-refractivity contribution in [2.45, 2.75) is 38.1 Å². The van der Waals surface area contributed by atoms with Crippen LogP contribution in [0, 0.1) is 11.8 Å². The molecule has 0 N–H and O–H groups in total. The number of hydrogen-bond donors (Lipinski definition) is 0. The van der Waals surface area contributed by atoms with Crippen molar-refractivity contribution >= 4 is 15.9 Å². The Morgan fingerprint density at radius 3 is 2.48 bits per heavy atom. The van der Waals surface area contributed by atoms with E-state index in [1.807, 2.05) is 18.2 Å². The van der Waals surface area contributed by atoms with Crippen molar-refractivity contribution in [2.24, 2.45) is 11.8 Å². The molecule has 0 radical (unpaired) electrons. The fourth-order valence-electron chi connectivity index (χ4n) is 4.76. The molecule has 7 heteroatoms. The zero-order valence-electron chi connectivity index (χ0n) is 18.4. The first-order chi connectivity index (χ1) is 14.8. The smallest absolute Gasteiger partial charge is 0.254 e. The van der Waals surface area contributed by atoms with E-state index in [4.69, 9.17) is 4.74 Å². The van der Waals surface area contributed by atoms with Gasteiger partial charge in [-0.05, 0) is 66.1 Å². The molecule has 2 atom stereocenters. The van der Waals surface area contributed by atoms with Crippen molar-refractivity contribution in [3.8, 4) is 5.75 Å². The molecule has 0 bridgehead atoms. The van der Waals surface area contributed by atoms with Crippen LogP contribution in [0.4, 0.5) is 0 Å². The van der Waals surface area contributed by atoms with Gasteiger partial charge in [-0.3, -0.25) is 4.79 Å². The van der Waals surface area contributed by atoms with E-state index in [0.717, 1.165) is 24.2 Å². The van der Waals surface area contributed by atoms with Crippen molar-refractivity contribution < 1.29 is 17.9 Å². The molecular formula is C24H30N2O4S. The second-order valence-electron chi connectivity index (χ2n) is 8.91. The van der Waals surface area contributed by atoms with Crippen LogP contribution in [-0.2, 0) is 23.0 Å². The summed E-state index contributed by atoms with van der Waals surface area (Å²) in [7, 11) is -2.00. The van der Waals surface area contributed by atoms with Crippen molar-refractivity contribution in [2.75, 3.05) is 26.7 Å². The second-order valence-corrected chi connectivity index (χ2v) is 10.8. The first-order valence-electron chi connectivity index (χ1n) is 10.8. The SMILES string of the molecule is COc1ccc2c(c1)CN(C(=O)c1cccc(S(=O)(=O)N3CC(C)CC(C)C3)c1)CC2. The molecule has 2 aromatic rings. The van der Waals surface area contributed by atoms with Gasteiger partial charge in [0.15, 0.2) is 0 Å². The van der Waals surface area contributed by atoms with Crippen molar-refractivity contribution in [1.82, 2.24) is 9.21 Å². The third-order valence-corrected chi connectivity index (χ3v) is 8.09. The lowest BCUT2D eigenvalue weighted by Gasteiger charge is -2.34. The summed E-state index contributed by atoms with van der Waals surface area (Å²) in [6, 6.07) is 12.4. The van der Waals surface area contributed by atoms with Crippen LogP contribution in [0.25, 0.3) is 0 Å². The summed E-state index contributed by atoms with van der Waals surface area (Å²) in [6.07, 6.45) is 1.80. The van der Waals surface area contributed by atoms with Gasteiger partial charge in [0.2, 0.25) is 10.0 Å². The van der Waals surface area contributed by atoms with E-state index in [9.17, 15) is 13.2 Å². The van der Waals surface area contributed by atoms with Crippen LogP contribution in [0.1, 0.15) is 41.8 Å². The topological polar surface area (TPSA) is 66.9 Å². The van der Waals surface area contributed by atoms with Gasteiger partial charge >= 0.3 is 0 Å². The van der Waals surface area contributed by atoms with Crippen LogP contribution in [0.5, 0.6) is 5.75 Å². The summed E-state index contributed by atoms with van der Waals surface area (Å²) in [5.74, 6) is 1.28. The van der Waals surface area contributed by atoms with Crippen LogP contribution in [0.2, 0.25) is 0 Å². The van der Waals surface area contributed by atoms with E-state index >= 15 is 0 Å². The van der Waals surface area contributed by atoms with Crippen LogP contribution in [0.3, 0.4) is 0 Å². The Kier molecular flexibility index (Phi) is 6.08. The van der Waals surface area contributed by atoms with E-state index in [0.29, 0.717) is 43.6 Å². The fourth-order valence-corrected chi connectivity index (χ4v) is 6.48. The molecule has 0 aliphatic carbocycles. The second kappa shape index (κ2) is 8.63. The molecule has 0 aromatic heterocycles. The van der Waals surface area contributed by atoms with Crippen molar-refractivity contribution in [3.63, 3.8) is 0 Å². The molecule has 4 rings (SSSR count).